The van der Waals surface area contributed by atoms with E-state index in [0.29, 0.717) is 24.3 Å². The average molecular weight is 232 g/mol. The van der Waals surface area contributed by atoms with E-state index >= 15 is 0 Å². The van der Waals surface area contributed by atoms with Gasteiger partial charge in [0, 0.05) is 6.42 Å². The number of hydrogen-bond donors (Lipinski definition) is 0. The van der Waals surface area contributed by atoms with E-state index < -0.39 is 11.7 Å². The number of methoxy groups -OCH3 is 1. The van der Waals surface area contributed by atoms with Crippen molar-refractivity contribution in [3.8, 4) is 5.75 Å². The lowest BCUT2D eigenvalue weighted by molar-refractivity contribution is -0.137. The summed E-state index contributed by atoms with van der Waals surface area (Å²) >= 11 is 0. The van der Waals surface area contributed by atoms with E-state index in [1.54, 1.807) is 0 Å². The number of ether oxygens (including phenoxy) is 2. The zero-order valence-corrected chi connectivity index (χ0v) is 8.67. The highest BCUT2D eigenvalue weighted by Crippen LogP contribution is 2.33. The van der Waals surface area contributed by atoms with Gasteiger partial charge in [-0.3, -0.25) is 0 Å². The molecule has 2 rings (SSSR count). The van der Waals surface area contributed by atoms with Crippen molar-refractivity contribution in [2.24, 2.45) is 0 Å². The molecule has 0 aliphatic carbocycles. The van der Waals surface area contributed by atoms with E-state index in [1.165, 1.54) is 13.2 Å². The molecule has 1 fully saturated rings. The fraction of sp³-hybridized carbons (Fsp3) is 0.455. The molecule has 0 radical (unpaired) electrons. The molecule has 0 aromatic heterocycles. The van der Waals surface area contributed by atoms with E-state index in [4.69, 9.17) is 9.47 Å². The van der Waals surface area contributed by atoms with Gasteiger partial charge < -0.3 is 9.47 Å². The molecule has 88 valence electrons. The largest absolute Gasteiger partial charge is 0.496 e. The first-order valence-corrected chi connectivity index (χ1v) is 4.86. The van der Waals surface area contributed by atoms with Gasteiger partial charge in [-0.15, -0.1) is 0 Å². The summed E-state index contributed by atoms with van der Waals surface area (Å²) in [5.41, 5.74) is -0.108. The molecule has 0 spiro atoms. The Bertz CT molecular complexity index is 383. The highest BCUT2D eigenvalue weighted by molar-refractivity contribution is 5.39. The van der Waals surface area contributed by atoms with Crippen molar-refractivity contribution >= 4 is 0 Å². The minimum Gasteiger partial charge on any atom is -0.496 e. The van der Waals surface area contributed by atoms with Crippen LogP contribution in [0.5, 0.6) is 5.75 Å². The molecule has 0 N–H and O–H groups in total. The third-order valence-electron chi connectivity index (χ3n) is 2.46. The van der Waals surface area contributed by atoms with Crippen molar-refractivity contribution in [2.75, 3.05) is 13.7 Å². The second-order valence-electron chi connectivity index (χ2n) is 3.68. The smallest absolute Gasteiger partial charge is 0.416 e. The van der Waals surface area contributed by atoms with Gasteiger partial charge in [0.15, 0.2) is 0 Å². The molecule has 16 heavy (non-hydrogen) atoms. The topological polar surface area (TPSA) is 21.8 Å². The van der Waals surface area contributed by atoms with Gasteiger partial charge in [0.05, 0.1) is 25.4 Å². The van der Waals surface area contributed by atoms with E-state index in [9.17, 15) is 13.2 Å². The molecule has 5 heteroatoms. The zero-order chi connectivity index (χ0) is 11.8. The highest BCUT2D eigenvalue weighted by Gasteiger charge is 2.32. The number of halogens is 3. The molecule has 0 bridgehead atoms. The van der Waals surface area contributed by atoms with Crippen LogP contribution in [0, 0.1) is 0 Å². The van der Waals surface area contributed by atoms with Crippen molar-refractivity contribution in [1.29, 1.82) is 0 Å². The Hall–Kier alpha value is -1.23. The summed E-state index contributed by atoms with van der Waals surface area (Å²) in [5.74, 6) is 0.475. The predicted octanol–water partition coefficient (Wildman–Crippen LogP) is 2.66. The second-order valence-corrected chi connectivity index (χ2v) is 3.68. The molecule has 1 atom stereocenters. The monoisotopic (exact) mass is 232 g/mol. The Morgan fingerprint density at radius 3 is 2.62 bits per heavy atom. The third kappa shape index (κ3) is 2.47. The van der Waals surface area contributed by atoms with Crippen molar-refractivity contribution in [3.05, 3.63) is 29.3 Å². The molecule has 1 heterocycles. The van der Waals surface area contributed by atoms with Gasteiger partial charge in [-0.05, 0) is 23.8 Å². The highest BCUT2D eigenvalue weighted by atomic mass is 19.4. The van der Waals surface area contributed by atoms with Gasteiger partial charge in [0.2, 0.25) is 0 Å². The van der Waals surface area contributed by atoms with Crippen LogP contribution in [0.1, 0.15) is 11.1 Å². The van der Waals surface area contributed by atoms with E-state index in [2.05, 4.69) is 0 Å². The molecule has 1 saturated heterocycles. The van der Waals surface area contributed by atoms with Crippen LogP contribution in [-0.4, -0.2) is 19.8 Å². The predicted molar refractivity (Wildman–Crippen MR) is 51.4 cm³/mol. The SMILES string of the molecule is COc1ccc(C(F)(F)F)cc1CC1CO1. The summed E-state index contributed by atoms with van der Waals surface area (Å²) in [4.78, 5) is 0. The van der Waals surface area contributed by atoms with Crippen LogP contribution in [0.3, 0.4) is 0 Å². The Balaban J connectivity index is 2.29. The summed E-state index contributed by atoms with van der Waals surface area (Å²) in [6.45, 7) is 0.611. The quantitative estimate of drug-likeness (QED) is 0.747. The minimum atomic E-state index is -4.31. The third-order valence-corrected chi connectivity index (χ3v) is 2.46. The van der Waals surface area contributed by atoms with Gasteiger partial charge in [-0.1, -0.05) is 0 Å². The van der Waals surface area contributed by atoms with Crippen molar-refractivity contribution < 1.29 is 22.6 Å². The van der Waals surface area contributed by atoms with Crippen molar-refractivity contribution in [2.45, 2.75) is 18.7 Å². The molecule has 1 aromatic carbocycles. The summed E-state index contributed by atoms with van der Waals surface area (Å²) < 4.78 is 47.5. The number of benzene rings is 1. The zero-order valence-electron chi connectivity index (χ0n) is 8.67. The van der Waals surface area contributed by atoms with E-state index in [-0.39, 0.29) is 6.10 Å². The molecule has 0 saturated carbocycles. The normalized spacial score (nSPS) is 19.6. The Labute approximate surface area is 91.0 Å². The molecule has 1 unspecified atom stereocenters. The summed E-state index contributed by atoms with van der Waals surface area (Å²) in [6.07, 6.45) is -3.81. The van der Waals surface area contributed by atoms with Crippen LogP contribution in [0.4, 0.5) is 13.2 Å². The Morgan fingerprint density at radius 1 is 1.44 bits per heavy atom. The van der Waals surface area contributed by atoms with Crippen LogP contribution in [0.15, 0.2) is 18.2 Å². The van der Waals surface area contributed by atoms with Gasteiger partial charge in [-0.2, -0.15) is 13.2 Å². The summed E-state index contributed by atoms with van der Waals surface area (Å²) in [6, 6.07) is 3.50. The lowest BCUT2D eigenvalue weighted by Crippen LogP contribution is -2.07. The molecule has 1 aliphatic heterocycles. The van der Waals surface area contributed by atoms with Crippen LogP contribution in [0.2, 0.25) is 0 Å². The fourth-order valence-electron chi connectivity index (χ4n) is 1.55. The minimum absolute atomic E-state index is 0.0392. The van der Waals surface area contributed by atoms with E-state index in [1.807, 2.05) is 0 Å². The first-order chi connectivity index (χ1) is 7.50. The van der Waals surface area contributed by atoms with Crippen LogP contribution < -0.4 is 4.74 Å². The van der Waals surface area contributed by atoms with Crippen molar-refractivity contribution in [1.82, 2.24) is 0 Å². The van der Waals surface area contributed by atoms with Crippen LogP contribution in [0.25, 0.3) is 0 Å². The number of epoxide rings is 1. The number of rotatable bonds is 3. The molecule has 2 nitrogen and oxygen atoms in total. The molecule has 1 aromatic rings. The first-order valence-electron chi connectivity index (χ1n) is 4.86. The lowest BCUT2D eigenvalue weighted by Gasteiger charge is -2.11. The molecule has 1 aliphatic rings. The van der Waals surface area contributed by atoms with Gasteiger partial charge in [0.25, 0.3) is 0 Å². The first kappa shape index (κ1) is 11.3. The van der Waals surface area contributed by atoms with Crippen LogP contribution >= 0.6 is 0 Å². The van der Waals surface area contributed by atoms with E-state index in [0.717, 1.165) is 12.1 Å². The van der Waals surface area contributed by atoms with Gasteiger partial charge in [0.1, 0.15) is 5.75 Å². The molecule has 0 amide bonds. The summed E-state index contributed by atoms with van der Waals surface area (Å²) in [7, 11) is 1.44. The number of hydrogen-bond acceptors (Lipinski definition) is 2. The molecular formula is C11H11F3O2. The maximum Gasteiger partial charge on any atom is 0.416 e. The summed E-state index contributed by atoms with van der Waals surface area (Å²) in [5, 5.41) is 0. The fourth-order valence-corrected chi connectivity index (χ4v) is 1.55. The standard InChI is InChI=1S/C11H11F3O2/c1-15-10-3-2-8(11(12,13)14)4-7(10)5-9-6-16-9/h2-4,9H,5-6H2,1H3. The maximum atomic E-state index is 12.5. The van der Waals surface area contributed by atoms with Crippen molar-refractivity contribution in [3.63, 3.8) is 0 Å². The van der Waals surface area contributed by atoms with Crippen LogP contribution in [-0.2, 0) is 17.3 Å². The Morgan fingerprint density at radius 2 is 2.12 bits per heavy atom. The number of alkyl halides is 3. The van der Waals surface area contributed by atoms with Gasteiger partial charge in [-0.25, -0.2) is 0 Å². The second kappa shape index (κ2) is 3.97. The lowest BCUT2D eigenvalue weighted by atomic mass is 10.0. The maximum absolute atomic E-state index is 12.5. The Kier molecular flexibility index (Phi) is 2.80. The molecular weight excluding hydrogens is 221 g/mol. The van der Waals surface area contributed by atoms with Gasteiger partial charge >= 0.3 is 6.18 Å². The average Bonchev–Trinajstić information content (AvgIpc) is 3.00.